The van der Waals surface area contributed by atoms with Gasteiger partial charge in [0, 0.05) is 33.4 Å². The van der Waals surface area contributed by atoms with Crippen molar-refractivity contribution in [2.24, 2.45) is 5.92 Å². The van der Waals surface area contributed by atoms with Gasteiger partial charge in [0.15, 0.2) is 0 Å². The molecule has 20 heavy (non-hydrogen) atoms. The van der Waals surface area contributed by atoms with Crippen LogP contribution in [0.1, 0.15) is 29.6 Å². The van der Waals surface area contributed by atoms with Crippen molar-refractivity contribution in [3.8, 4) is 0 Å². The van der Waals surface area contributed by atoms with Gasteiger partial charge in [-0.1, -0.05) is 6.42 Å². The van der Waals surface area contributed by atoms with Crippen molar-refractivity contribution in [1.82, 2.24) is 9.88 Å². The zero-order chi connectivity index (χ0) is 14.4. The topological polar surface area (TPSA) is 54.5 Å². The third-order valence-corrected chi connectivity index (χ3v) is 3.73. The Morgan fingerprint density at radius 2 is 2.35 bits per heavy atom. The van der Waals surface area contributed by atoms with Crippen molar-refractivity contribution in [1.29, 1.82) is 0 Å². The first-order valence-corrected chi connectivity index (χ1v) is 7.16. The average molecular weight is 277 g/mol. The van der Waals surface area contributed by atoms with E-state index in [1.807, 2.05) is 24.1 Å². The van der Waals surface area contributed by atoms with Crippen LogP contribution in [-0.2, 0) is 4.74 Å². The minimum atomic E-state index is 0.0724. The van der Waals surface area contributed by atoms with Gasteiger partial charge in [0.25, 0.3) is 5.91 Å². The van der Waals surface area contributed by atoms with Crippen LogP contribution in [0.2, 0.25) is 0 Å². The summed E-state index contributed by atoms with van der Waals surface area (Å²) in [5.74, 6) is 1.29. The Kier molecular flexibility index (Phi) is 5.35. The molecule has 5 heteroatoms. The van der Waals surface area contributed by atoms with Gasteiger partial charge < -0.3 is 15.0 Å². The minimum Gasteiger partial charge on any atom is -0.384 e. The van der Waals surface area contributed by atoms with Gasteiger partial charge in [-0.25, -0.2) is 4.98 Å². The number of amides is 1. The molecule has 1 fully saturated rings. The van der Waals surface area contributed by atoms with Crippen LogP contribution in [0.25, 0.3) is 0 Å². The standard InChI is InChI=1S/C15H23N3O2/c1-16-14-7-6-13(9-17-14)15(19)18-8-4-3-5-12(10-18)11-20-2/h6-7,9,12H,3-5,8,10-11H2,1-2H3,(H,16,17). The fourth-order valence-electron chi connectivity index (χ4n) is 2.64. The van der Waals surface area contributed by atoms with Crippen LogP contribution < -0.4 is 5.32 Å². The molecule has 0 aromatic carbocycles. The molecule has 0 bridgehead atoms. The van der Waals surface area contributed by atoms with Crippen LogP contribution in [0, 0.1) is 5.92 Å². The Hall–Kier alpha value is -1.62. The van der Waals surface area contributed by atoms with E-state index in [4.69, 9.17) is 4.74 Å². The number of ether oxygens (including phenoxy) is 1. The molecule has 1 N–H and O–H groups in total. The number of nitrogens with zero attached hydrogens (tertiary/aromatic N) is 2. The Balaban J connectivity index is 2.05. The summed E-state index contributed by atoms with van der Waals surface area (Å²) in [4.78, 5) is 18.7. The molecule has 0 radical (unpaired) electrons. The van der Waals surface area contributed by atoms with E-state index in [9.17, 15) is 4.79 Å². The lowest BCUT2D eigenvalue weighted by Gasteiger charge is -2.24. The molecule has 1 atom stereocenters. The second-order valence-electron chi connectivity index (χ2n) is 5.25. The van der Waals surface area contributed by atoms with E-state index in [2.05, 4.69) is 10.3 Å². The first-order valence-electron chi connectivity index (χ1n) is 7.16. The average Bonchev–Trinajstić information content (AvgIpc) is 2.73. The van der Waals surface area contributed by atoms with Crippen LogP contribution in [0.5, 0.6) is 0 Å². The van der Waals surface area contributed by atoms with E-state index < -0.39 is 0 Å². The van der Waals surface area contributed by atoms with Crippen molar-refractivity contribution >= 4 is 11.7 Å². The Bertz CT molecular complexity index is 433. The Labute approximate surface area is 120 Å². The van der Waals surface area contributed by atoms with Gasteiger partial charge in [0.05, 0.1) is 12.2 Å². The number of carbonyl (C=O) groups is 1. The predicted octanol–water partition coefficient (Wildman–Crippen LogP) is 2.01. The van der Waals surface area contributed by atoms with E-state index >= 15 is 0 Å². The molecule has 1 unspecified atom stereocenters. The highest BCUT2D eigenvalue weighted by Gasteiger charge is 2.23. The number of hydrogen-bond acceptors (Lipinski definition) is 4. The van der Waals surface area contributed by atoms with E-state index in [0.717, 1.165) is 44.8 Å². The van der Waals surface area contributed by atoms with Crippen molar-refractivity contribution in [3.63, 3.8) is 0 Å². The monoisotopic (exact) mass is 277 g/mol. The first-order chi connectivity index (χ1) is 9.74. The normalized spacial score (nSPS) is 19.5. The van der Waals surface area contributed by atoms with Crippen LogP contribution in [0.3, 0.4) is 0 Å². The second-order valence-corrected chi connectivity index (χ2v) is 5.25. The summed E-state index contributed by atoms with van der Waals surface area (Å²) in [6.45, 7) is 2.33. The maximum Gasteiger partial charge on any atom is 0.255 e. The number of likely N-dealkylation sites (tertiary alicyclic amines) is 1. The van der Waals surface area contributed by atoms with E-state index in [-0.39, 0.29) is 5.91 Å². The Morgan fingerprint density at radius 1 is 1.50 bits per heavy atom. The number of nitrogens with one attached hydrogen (secondary N) is 1. The summed E-state index contributed by atoms with van der Waals surface area (Å²) < 4.78 is 5.24. The molecular formula is C15H23N3O2. The number of anilines is 1. The lowest BCUT2D eigenvalue weighted by Crippen LogP contribution is -2.35. The number of hydrogen-bond donors (Lipinski definition) is 1. The number of methoxy groups -OCH3 is 1. The van der Waals surface area contributed by atoms with Crippen molar-refractivity contribution in [3.05, 3.63) is 23.9 Å². The van der Waals surface area contributed by atoms with Crippen LogP contribution in [-0.4, -0.2) is 49.6 Å². The molecule has 2 heterocycles. The van der Waals surface area contributed by atoms with Crippen molar-refractivity contribution in [2.75, 3.05) is 39.2 Å². The van der Waals surface area contributed by atoms with E-state index in [1.165, 1.54) is 0 Å². The fraction of sp³-hybridized carbons (Fsp3) is 0.600. The van der Waals surface area contributed by atoms with Crippen molar-refractivity contribution < 1.29 is 9.53 Å². The van der Waals surface area contributed by atoms with Crippen molar-refractivity contribution in [2.45, 2.75) is 19.3 Å². The van der Waals surface area contributed by atoms with Gasteiger partial charge in [-0.3, -0.25) is 4.79 Å². The second kappa shape index (κ2) is 7.24. The quantitative estimate of drug-likeness (QED) is 0.914. The van der Waals surface area contributed by atoms with Crippen LogP contribution in [0.4, 0.5) is 5.82 Å². The molecule has 1 aliphatic heterocycles. The fourth-order valence-corrected chi connectivity index (χ4v) is 2.64. The maximum atomic E-state index is 12.5. The Morgan fingerprint density at radius 3 is 3.00 bits per heavy atom. The third kappa shape index (κ3) is 3.70. The molecule has 0 spiro atoms. The predicted molar refractivity (Wildman–Crippen MR) is 78.9 cm³/mol. The maximum absolute atomic E-state index is 12.5. The third-order valence-electron chi connectivity index (χ3n) is 3.73. The molecular weight excluding hydrogens is 254 g/mol. The smallest absolute Gasteiger partial charge is 0.255 e. The molecule has 1 aromatic heterocycles. The lowest BCUT2D eigenvalue weighted by molar-refractivity contribution is 0.0696. The first kappa shape index (κ1) is 14.8. The van der Waals surface area contributed by atoms with Gasteiger partial charge in [-0.2, -0.15) is 0 Å². The molecule has 1 amide bonds. The van der Waals surface area contributed by atoms with Gasteiger partial charge in [0.2, 0.25) is 0 Å². The zero-order valence-electron chi connectivity index (χ0n) is 12.3. The number of rotatable bonds is 4. The van der Waals surface area contributed by atoms with Crippen LogP contribution in [0.15, 0.2) is 18.3 Å². The van der Waals surface area contributed by atoms with Crippen LogP contribution >= 0.6 is 0 Å². The lowest BCUT2D eigenvalue weighted by atomic mass is 10.0. The molecule has 110 valence electrons. The van der Waals surface area contributed by atoms with Gasteiger partial charge >= 0.3 is 0 Å². The zero-order valence-corrected chi connectivity index (χ0v) is 12.3. The molecule has 1 aromatic rings. The number of aromatic nitrogens is 1. The molecule has 0 aliphatic carbocycles. The van der Waals surface area contributed by atoms with Gasteiger partial charge in [-0.15, -0.1) is 0 Å². The molecule has 5 nitrogen and oxygen atoms in total. The largest absolute Gasteiger partial charge is 0.384 e. The van der Waals surface area contributed by atoms with Gasteiger partial charge in [0.1, 0.15) is 5.82 Å². The summed E-state index contributed by atoms with van der Waals surface area (Å²) in [7, 11) is 3.53. The summed E-state index contributed by atoms with van der Waals surface area (Å²) in [6.07, 6.45) is 5.00. The summed E-state index contributed by atoms with van der Waals surface area (Å²) >= 11 is 0. The minimum absolute atomic E-state index is 0.0724. The van der Waals surface area contributed by atoms with E-state index in [1.54, 1.807) is 13.3 Å². The number of carbonyl (C=O) groups excluding carboxylic acids is 1. The summed E-state index contributed by atoms with van der Waals surface area (Å²) in [6, 6.07) is 3.66. The highest BCUT2D eigenvalue weighted by molar-refractivity contribution is 5.94. The molecule has 1 aliphatic rings. The summed E-state index contributed by atoms with van der Waals surface area (Å²) in [5, 5.41) is 2.95. The summed E-state index contributed by atoms with van der Waals surface area (Å²) in [5.41, 5.74) is 0.655. The highest BCUT2D eigenvalue weighted by atomic mass is 16.5. The van der Waals surface area contributed by atoms with Gasteiger partial charge in [-0.05, 0) is 30.9 Å². The highest BCUT2D eigenvalue weighted by Crippen LogP contribution is 2.19. The molecule has 1 saturated heterocycles. The molecule has 2 rings (SSSR count). The SMILES string of the molecule is CNc1ccc(C(=O)N2CCCCC(COC)C2)cn1. The van der Waals surface area contributed by atoms with E-state index in [0.29, 0.717) is 11.5 Å². The molecule has 0 saturated carbocycles. The number of pyridine rings is 1.